The van der Waals surface area contributed by atoms with Crippen molar-refractivity contribution in [2.24, 2.45) is 5.92 Å². The SMILES string of the molecule is O=C(NCC[C@@H]1CC[C@H](NS(=O)(=O)Cc2ccccc2)[C@H](CO)O1)C1CCCC1. The van der Waals surface area contributed by atoms with Crippen molar-refractivity contribution < 1.29 is 23.1 Å². The molecule has 7 nitrogen and oxygen atoms in total. The molecule has 1 saturated heterocycles. The molecule has 0 spiro atoms. The summed E-state index contributed by atoms with van der Waals surface area (Å²) < 4.78 is 33.6. The average Bonchev–Trinajstić information content (AvgIpc) is 3.24. The molecular formula is C21H32N2O5S. The summed E-state index contributed by atoms with van der Waals surface area (Å²) in [6.45, 7) is 0.298. The van der Waals surface area contributed by atoms with Crippen molar-refractivity contribution in [1.82, 2.24) is 10.0 Å². The number of hydrogen-bond acceptors (Lipinski definition) is 5. The first-order chi connectivity index (χ1) is 14.0. The zero-order valence-electron chi connectivity index (χ0n) is 16.8. The number of aliphatic hydroxyl groups excluding tert-OH is 1. The van der Waals surface area contributed by atoms with E-state index in [0.717, 1.165) is 25.7 Å². The Bertz CT molecular complexity index is 750. The van der Waals surface area contributed by atoms with Crippen LogP contribution in [0.5, 0.6) is 0 Å². The van der Waals surface area contributed by atoms with Gasteiger partial charge >= 0.3 is 0 Å². The van der Waals surface area contributed by atoms with Gasteiger partial charge in [0, 0.05) is 12.5 Å². The predicted octanol–water partition coefficient (Wildman–Crippen LogP) is 1.71. The Labute approximate surface area is 173 Å². The zero-order valence-corrected chi connectivity index (χ0v) is 17.6. The molecule has 0 bridgehead atoms. The summed E-state index contributed by atoms with van der Waals surface area (Å²) in [4.78, 5) is 12.1. The summed E-state index contributed by atoms with van der Waals surface area (Å²) in [5.74, 6) is 0.179. The molecule has 1 amide bonds. The molecule has 1 aliphatic heterocycles. The Morgan fingerprint density at radius 1 is 1.10 bits per heavy atom. The Morgan fingerprint density at radius 3 is 2.52 bits per heavy atom. The number of hydrogen-bond donors (Lipinski definition) is 3. The fourth-order valence-corrected chi connectivity index (χ4v) is 5.68. The minimum Gasteiger partial charge on any atom is -0.394 e. The topological polar surface area (TPSA) is 105 Å². The van der Waals surface area contributed by atoms with Crippen molar-refractivity contribution in [3.63, 3.8) is 0 Å². The minimum absolute atomic E-state index is 0.0918. The maximum absolute atomic E-state index is 12.5. The van der Waals surface area contributed by atoms with Gasteiger partial charge in [-0.05, 0) is 37.7 Å². The van der Waals surface area contributed by atoms with E-state index in [9.17, 15) is 18.3 Å². The first kappa shape index (κ1) is 22.2. The van der Waals surface area contributed by atoms with Crippen LogP contribution in [0.1, 0.15) is 50.5 Å². The van der Waals surface area contributed by atoms with E-state index in [0.29, 0.717) is 31.4 Å². The second-order valence-corrected chi connectivity index (χ2v) is 9.84. The smallest absolute Gasteiger partial charge is 0.223 e. The van der Waals surface area contributed by atoms with Gasteiger partial charge in [-0.2, -0.15) is 0 Å². The lowest BCUT2D eigenvalue weighted by Gasteiger charge is -2.36. The molecule has 3 atom stereocenters. The first-order valence-electron chi connectivity index (χ1n) is 10.5. The fraction of sp³-hybridized carbons (Fsp3) is 0.667. The van der Waals surface area contributed by atoms with Gasteiger partial charge in [0.15, 0.2) is 0 Å². The molecule has 1 aliphatic carbocycles. The van der Waals surface area contributed by atoms with E-state index in [-0.39, 0.29) is 30.3 Å². The lowest BCUT2D eigenvalue weighted by atomic mass is 9.98. The summed E-state index contributed by atoms with van der Waals surface area (Å²) >= 11 is 0. The number of carbonyl (C=O) groups excluding carboxylic acids is 1. The number of ether oxygens (including phenoxy) is 1. The average molecular weight is 425 g/mol. The van der Waals surface area contributed by atoms with Gasteiger partial charge in [-0.3, -0.25) is 4.79 Å². The molecule has 1 aromatic carbocycles. The molecule has 0 radical (unpaired) electrons. The van der Waals surface area contributed by atoms with Crippen LogP contribution in [-0.4, -0.2) is 50.8 Å². The van der Waals surface area contributed by atoms with Gasteiger partial charge in [-0.1, -0.05) is 43.2 Å². The van der Waals surface area contributed by atoms with Gasteiger partial charge in [0.2, 0.25) is 15.9 Å². The Balaban J connectivity index is 1.44. The van der Waals surface area contributed by atoms with Crippen molar-refractivity contribution in [1.29, 1.82) is 0 Å². The van der Waals surface area contributed by atoms with Crippen LogP contribution >= 0.6 is 0 Å². The Kier molecular flexibility index (Phi) is 8.06. The normalized spacial score (nSPS) is 25.8. The van der Waals surface area contributed by atoms with Crippen molar-refractivity contribution >= 4 is 15.9 Å². The highest BCUT2D eigenvalue weighted by Gasteiger charge is 2.33. The lowest BCUT2D eigenvalue weighted by Crippen LogP contribution is -2.51. The van der Waals surface area contributed by atoms with Crippen LogP contribution in [0.2, 0.25) is 0 Å². The van der Waals surface area contributed by atoms with Crippen LogP contribution < -0.4 is 10.0 Å². The van der Waals surface area contributed by atoms with Crippen molar-refractivity contribution in [2.45, 2.75) is 68.9 Å². The molecule has 1 aromatic rings. The summed E-state index contributed by atoms with van der Waals surface area (Å²) in [7, 11) is -3.53. The predicted molar refractivity (Wildman–Crippen MR) is 111 cm³/mol. The summed E-state index contributed by atoms with van der Waals surface area (Å²) in [6.07, 6.45) is 5.49. The van der Waals surface area contributed by atoms with Crippen LogP contribution in [0.4, 0.5) is 0 Å². The standard InChI is InChI=1S/C21H32N2O5S/c24-14-20-19(23-29(26,27)15-16-6-2-1-3-7-16)11-10-18(28-20)12-13-22-21(25)17-8-4-5-9-17/h1-3,6-7,17-20,23-24H,4-5,8-15H2,(H,22,25)/t18-,19-,20-/m0/s1. The van der Waals surface area contributed by atoms with Gasteiger partial charge in [-0.15, -0.1) is 0 Å². The minimum atomic E-state index is -3.53. The highest BCUT2D eigenvalue weighted by molar-refractivity contribution is 7.88. The number of nitrogens with one attached hydrogen (secondary N) is 2. The summed E-state index contributed by atoms with van der Waals surface area (Å²) in [5.41, 5.74) is 0.716. The van der Waals surface area contributed by atoms with E-state index in [4.69, 9.17) is 4.74 Å². The Hall–Kier alpha value is -1.48. The largest absolute Gasteiger partial charge is 0.394 e. The molecule has 162 valence electrons. The van der Waals surface area contributed by atoms with Crippen LogP contribution in [0, 0.1) is 5.92 Å². The number of benzene rings is 1. The van der Waals surface area contributed by atoms with Crippen LogP contribution in [0.15, 0.2) is 30.3 Å². The van der Waals surface area contributed by atoms with E-state index in [1.165, 1.54) is 0 Å². The fourth-order valence-electron chi connectivity index (χ4n) is 4.23. The number of carbonyl (C=O) groups is 1. The van der Waals surface area contributed by atoms with Crippen LogP contribution in [-0.2, 0) is 25.3 Å². The van der Waals surface area contributed by atoms with Crippen molar-refractivity contribution in [3.05, 3.63) is 35.9 Å². The molecule has 2 aliphatic rings. The van der Waals surface area contributed by atoms with Gasteiger partial charge in [-0.25, -0.2) is 13.1 Å². The third kappa shape index (κ3) is 6.77. The van der Waals surface area contributed by atoms with E-state index < -0.39 is 22.2 Å². The third-order valence-electron chi connectivity index (χ3n) is 5.82. The number of rotatable bonds is 9. The van der Waals surface area contributed by atoms with E-state index in [2.05, 4.69) is 10.0 Å². The molecule has 0 aromatic heterocycles. The molecule has 1 saturated carbocycles. The molecule has 0 unspecified atom stereocenters. The second kappa shape index (κ2) is 10.5. The van der Waals surface area contributed by atoms with E-state index in [1.54, 1.807) is 24.3 Å². The highest BCUT2D eigenvalue weighted by Crippen LogP contribution is 2.25. The Morgan fingerprint density at radius 2 is 1.83 bits per heavy atom. The lowest BCUT2D eigenvalue weighted by molar-refractivity contribution is -0.125. The van der Waals surface area contributed by atoms with Crippen molar-refractivity contribution in [3.8, 4) is 0 Å². The first-order valence-corrected chi connectivity index (χ1v) is 12.2. The molecule has 8 heteroatoms. The molecule has 29 heavy (non-hydrogen) atoms. The monoisotopic (exact) mass is 424 g/mol. The van der Waals surface area contributed by atoms with Gasteiger partial charge in [0.05, 0.1) is 30.6 Å². The summed E-state index contributed by atoms with van der Waals surface area (Å²) in [5, 5.41) is 12.7. The van der Waals surface area contributed by atoms with Gasteiger partial charge in [0.25, 0.3) is 0 Å². The second-order valence-electron chi connectivity index (χ2n) is 8.09. The molecule has 3 rings (SSSR count). The van der Waals surface area contributed by atoms with Crippen LogP contribution in [0.25, 0.3) is 0 Å². The molecular weight excluding hydrogens is 392 g/mol. The highest BCUT2D eigenvalue weighted by atomic mass is 32.2. The van der Waals surface area contributed by atoms with Crippen LogP contribution in [0.3, 0.4) is 0 Å². The van der Waals surface area contributed by atoms with E-state index in [1.807, 2.05) is 6.07 Å². The number of aliphatic hydroxyl groups is 1. The zero-order chi connectivity index (χ0) is 20.7. The third-order valence-corrected chi connectivity index (χ3v) is 7.19. The maximum atomic E-state index is 12.5. The van der Waals surface area contributed by atoms with Gasteiger partial charge < -0.3 is 15.2 Å². The molecule has 2 fully saturated rings. The number of amides is 1. The maximum Gasteiger partial charge on any atom is 0.223 e. The molecule has 1 heterocycles. The van der Waals surface area contributed by atoms with E-state index >= 15 is 0 Å². The van der Waals surface area contributed by atoms with Crippen molar-refractivity contribution in [2.75, 3.05) is 13.2 Å². The summed E-state index contributed by atoms with van der Waals surface area (Å²) in [6, 6.07) is 8.56. The number of sulfonamides is 1. The molecule has 3 N–H and O–H groups in total. The quantitative estimate of drug-likeness (QED) is 0.560. The van der Waals surface area contributed by atoms with Gasteiger partial charge in [0.1, 0.15) is 0 Å².